The van der Waals surface area contributed by atoms with Crippen molar-refractivity contribution in [3.63, 3.8) is 0 Å². The molecule has 5 nitrogen and oxygen atoms in total. The highest BCUT2D eigenvalue weighted by atomic mass is 16.4. The fraction of sp³-hybridized carbons (Fsp3) is 0.900. The summed E-state index contributed by atoms with van der Waals surface area (Å²) in [7, 11) is 0. The van der Waals surface area contributed by atoms with Gasteiger partial charge in [0.2, 0.25) is 0 Å². The van der Waals surface area contributed by atoms with Crippen molar-refractivity contribution in [1.82, 2.24) is 4.90 Å². The lowest BCUT2D eigenvalue weighted by molar-refractivity contribution is -0.149. The first-order valence-corrected chi connectivity index (χ1v) is 5.46. The summed E-state index contributed by atoms with van der Waals surface area (Å²) >= 11 is 0. The minimum atomic E-state index is -1.37. The highest BCUT2D eigenvalue weighted by Crippen LogP contribution is 2.25. The van der Waals surface area contributed by atoms with Gasteiger partial charge in [-0.05, 0) is 6.42 Å². The highest BCUT2D eigenvalue weighted by Gasteiger charge is 2.47. The number of carboxylic acid groups (broad SMARTS) is 1. The van der Waals surface area contributed by atoms with Gasteiger partial charge in [-0.1, -0.05) is 19.8 Å². The molecular weight excluding hydrogens is 196 g/mol. The third kappa shape index (κ3) is 2.68. The average molecular weight is 216 g/mol. The fourth-order valence-corrected chi connectivity index (χ4v) is 2.04. The summed E-state index contributed by atoms with van der Waals surface area (Å²) in [5.74, 6) is -1.05. The third-order valence-corrected chi connectivity index (χ3v) is 2.94. The largest absolute Gasteiger partial charge is 0.479 e. The Morgan fingerprint density at radius 2 is 2.27 bits per heavy atom. The van der Waals surface area contributed by atoms with Crippen LogP contribution in [0, 0.1) is 0 Å². The smallest absolute Gasteiger partial charge is 0.339 e. The van der Waals surface area contributed by atoms with E-state index in [9.17, 15) is 9.90 Å². The number of hydrogen-bond acceptors (Lipinski definition) is 4. The lowest BCUT2D eigenvalue weighted by Gasteiger charge is -2.30. The Morgan fingerprint density at radius 3 is 2.80 bits per heavy atom. The van der Waals surface area contributed by atoms with Crippen LogP contribution in [0.15, 0.2) is 0 Å². The first kappa shape index (κ1) is 12.4. The second kappa shape index (κ2) is 4.92. The van der Waals surface area contributed by atoms with Crippen molar-refractivity contribution in [3.8, 4) is 0 Å². The molecule has 0 aromatic heterocycles. The lowest BCUT2D eigenvalue weighted by atomic mass is 10.1. The number of nitrogens with zero attached hydrogens (tertiary/aromatic N) is 1. The van der Waals surface area contributed by atoms with Crippen LogP contribution in [0.4, 0.5) is 0 Å². The Kier molecular flexibility index (Phi) is 4.07. The maximum absolute atomic E-state index is 11.0. The zero-order chi connectivity index (χ0) is 11.5. The van der Waals surface area contributed by atoms with Crippen LogP contribution in [-0.4, -0.2) is 45.9 Å². The first-order valence-electron chi connectivity index (χ1n) is 5.46. The van der Waals surface area contributed by atoms with E-state index in [1.807, 2.05) is 0 Å². The van der Waals surface area contributed by atoms with Crippen LogP contribution in [0.3, 0.4) is 0 Å². The molecule has 0 spiro atoms. The normalized spacial score (nSPS) is 32.1. The Hall–Kier alpha value is -0.650. The molecule has 1 aliphatic heterocycles. The van der Waals surface area contributed by atoms with Gasteiger partial charge in [0.05, 0.1) is 6.10 Å². The van der Waals surface area contributed by atoms with Crippen molar-refractivity contribution in [2.24, 2.45) is 5.73 Å². The molecule has 1 rings (SSSR count). The van der Waals surface area contributed by atoms with Crippen molar-refractivity contribution < 1.29 is 15.0 Å². The monoisotopic (exact) mass is 216 g/mol. The van der Waals surface area contributed by atoms with Gasteiger partial charge >= 0.3 is 5.97 Å². The molecule has 88 valence electrons. The molecule has 0 unspecified atom stereocenters. The van der Waals surface area contributed by atoms with E-state index in [1.165, 1.54) is 0 Å². The maximum Gasteiger partial charge on any atom is 0.339 e. The number of aliphatic hydroxyl groups excluding tert-OH is 1. The van der Waals surface area contributed by atoms with Crippen molar-refractivity contribution in [2.75, 3.05) is 13.1 Å². The Bertz CT molecular complexity index is 235. The molecule has 0 aliphatic carbocycles. The summed E-state index contributed by atoms with van der Waals surface area (Å²) in [6, 6.07) is 0. The predicted molar refractivity (Wildman–Crippen MR) is 56.3 cm³/mol. The number of aliphatic carboxylic acids is 1. The quantitative estimate of drug-likeness (QED) is 0.562. The second-order valence-corrected chi connectivity index (χ2v) is 4.24. The van der Waals surface area contributed by atoms with E-state index in [0.717, 1.165) is 19.3 Å². The number of carboxylic acids is 1. The molecule has 0 saturated carbocycles. The molecule has 0 amide bonds. The molecule has 1 fully saturated rings. The number of unbranched alkanes of at least 4 members (excludes halogenated alkanes) is 2. The maximum atomic E-state index is 11.0. The minimum Gasteiger partial charge on any atom is -0.479 e. The topological polar surface area (TPSA) is 86.8 Å². The molecule has 1 heterocycles. The van der Waals surface area contributed by atoms with E-state index in [1.54, 1.807) is 4.90 Å². The van der Waals surface area contributed by atoms with E-state index in [0.29, 0.717) is 13.1 Å². The fourth-order valence-electron chi connectivity index (χ4n) is 2.04. The lowest BCUT2D eigenvalue weighted by Crippen LogP contribution is -2.58. The number of hydrogen-bond donors (Lipinski definition) is 3. The van der Waals surface area contributed by atoms with Crippen LogP contribution in [0.25, 0.3) is 0 Å². The highest BCUT2D eigenvalue weighted by molar-refractivity contribution is 5.78. The number of likely N-dealkylation sites (tertiary alicyclic amines) is 1. The van der Waals surface area contributed by atoms with Crippen molar-refractivity contribution in [2.45, 2.75) is 44.4 Å². The summed E-state index contributed by atoms with van der Waals surface area (Å²) in [6.45, 7) is 3.10. The number of aliphatic hydroxyl groups is 1. The number of carbonyl (C=O) groups is 1. The SMILES string of the molecule is CCCCCN1C[C@H](O)C[C@@]1(N)C(=O)O. The van der Waals surface area contributed by atoms with Gasteiger partial charge < -0.3 is 15.9 Å². The van der Waals surface area contributed by atoms with E-state index in [2.05, 4.69) is 6.92 Å². The van der Waals surface area contributed by atoms with E-state index < -0.39 is 17.7 Å². The van der Waals surface area contributed by atoms with Crippen LogP contribution in [0.5, 0.6) is 0 Å². The van der Waals surface area contributed by atoms with Gasteiger partial charge in [0.25, 0.3) is 0 Å². The Labute approximate surface area is 89.9 Å². The van der Waals surface area contributed by atoms with Crippen LogP contribution in [-0.2, 0) is 4.79 Å². The molecule has 0 radical (unpaired) electrons. The van der Waals surface area contributed by atoms with Crippen LogP contribution in [0.1, 0.15) is 32.6 Å². The average Bonchev–Trinajstić information content (AvgIpc) is 2.43. The standard InChI is InChI=1S/C10H20N2O3/c1-2-3-4-5-12-7-8(13)6-10(12,11)9(14)15/h8,13H,2-7,11H2,1H3,(H,14,15)/t8-,10+/m1/s1. The second-order valence-electron chi connectivity index (χ2n) is 4.24. The van der Waals surface area contributed by atoms with Gasteiger partial charge in [0, 0.05) is 19.5 Å². The Morgan fingerprint density at radius 1 is 1.60 bits per heavy atom. The summed E-state index contributed by atoms with van der Waals surface area (Å²) in [5, 5.41) is 18.5. The molecule has 4 N–H and O–H groups in total. The van der Waals surface area contributed by atoms with Crippen molar-refractivity contribution >= 4 is 5.97 Å². The zero-order valence-corrected chi connectivity index (χ0v) is 9.15. The van der Waals surface area contributed by atoms with Crippen molar-refractivity contribution in [3.05, 3.63) is 0 Å². The molecule has 0 aromatic rings. The molecule has 0 bridgehead atoms. The van der Waals surface area contributed by atoms with E-state index >= 15 is 0 Å². The summed E-state index contributed by atoms with van der Waals surface area (Å²) in [5.41, 5.74) is 4.42. The van der Waals surface area contributed by atoms with Gasteiger partial charge in [0.1, 0.15) is 0 Å². The van der Waals surface area contributed by atoms with Gasteiger partial charge in [-0.2, -0.15) is 0 Å². The van der Waals surface area contributed by atoms with Gasteiger partial charge in [0.15, 0.2) is 5.66 Å². The molecule has 15 heavy (non-hydrogen) atoms. The molecule has 1 saturated heterocycles. The van der Waals surface area contributed by atoms with E-state index in [4.69, 9.17) is 10.8 Å². The number of nitrogens with two attached hydrogens (primary N) is 1. The summed E-state index contributed by atoms with van der Waals surface area (Å²) in [6.07, 6.45) is 2.57. The number of rotatable bonds is 5. The number of β-amino-alcohol motifs (C(OH)–C–C–N with tert-alkyl or cyclic N) is 1. The molecular formula is C10H20N2O3. The minimum absolute atomic E-state index is 0.120. The van der Waals surface area contributed by atoms with Gasteiger partial charge in [-0.15, -0.1) is 0 Å². The summed E-state index contributed by atoms with van der Waals surface area (Å²) < 4.78 is 0. The Balaban J connectivity index is 2.57. The van der Waals surface area contributed by atoms with Crippen LogP contribution >= 0.6 is 0 Å². The summed E-state index contributed by atoms with van der Waals surface area (Å²) in [4.78, 5) is 12.7. The molecule has 5 heteroatoms. The third-order valence-electron chi connectivity index (χ3n) is 2.94. The van der Waals surface area contributed by atoms with Crippen LogP contribution in [0.2, 0.25) is 0 Å². The van der Waals surface area contributed by atoms with Crippen molar-refractivity contribution in [1.29, 1.82) is 0 Å². The van der Waals surface area contributed by atoms with E-state index in [-0.39, 0.29) is 6.42 Å². The zero-order valence-electron chi connectivity index (χ0n) is 9.15. The predicted octanol–water partition coefficient (Wildman–Crippen LogP) is -0.0172. The molecule has 0 aromatic carbocycles. The molecule has 1 aliphatic rings. The molecule has 2 atom stereocenters. The first-order chi connectivity index (χ1) is 7.00. The van der Waals surface area contributed by atoms with Gasteiger partial charge in [-0.25, -0.2) is 4.79 Å². The van der Waals surface area contributed by atoms with Crippen LogP contribution < -0.4 is 5.73 Å². The van der Waals surface area contributed by atoms with Gasteiger partial charge in [-0.3, -0.25) is 4.90 Å².